The van der Waals surface area contributed by atoms with Gasteiger partial charge in [-0.2, -0.15) is 0 Å². The van der Waals surface area contributed by atoms with Gasteiger partial charge in [-0.05, 0) is 90.0 Å². The molecule has 3 rings (SSSR count). The van der Waals surface area contributed by atoms with E-state index < -0.39 is 0 Å². The van der Waals surface area contributed by atoms with E-state index in [9.17, 15) is 4.39 Å². The first-order valence-corrected chi connectivity index (χ1v) is 12.3. The Kier molecular flexibility index (Phi) is 8.69. The summed E-state index contributed by atoms with van der Waals surface area (Å²) in [6, 6.07) is 14.5. The van der Waals surface area contributed by atoms with Gasteiger partial charge in [0.05, 0.1) is 0 Å². The first-order valence-electron chi connectivity index (χ1n) is 12.3. The van der Waals surface area contributed by atoms with E-state index >= 15 is 0 Å². The van der Waals surface area contributed by atoms with Crippen LogP contribution in [0.25, 0.3) is 5.57 Å². The van der Waals surface area contributed by atoms with Gasteiger partial charge in [-0.3, -0.25) is 0 Å². The highest BCUT2D eigenvalue weighted by Gasteiger charge is 2.20. The number of hydrogen-bond donors (Lipinski definition) is 0. The average molecular weight is 419 g/mol. The summed E-state index contributed by atoms with van der Waals surface area (Å²) in [5.41, 5.74) is 8.85. The zero-order valence-electron chi connectivity index (χ0n) is 19.8. The number of halogens is 1. The van der Waals surface area contributed by atoms with Gasteiger partial charge in [-0.1, -0.05) is 88.9 Å². The molecule has 31 heavy (non-hydrogen) atoms. The molecule has 0 saturated heterocycles. The van der Waals surface area contributed by atoms with Crippen molar-refractivity contribution in [3.8, 4) is 0 Å². The minimum atomic E-state index is -0.137. The van der Waals surface area contributed by atoms with E-state index in [4.69, 9.17) is 0 Å². The van der Waals surface area contributed by atoms with Crippen LogP contribution in [0.5, 0.6) is 0 Å². The van der Waals surface area contributed by atoms with Crippen molar-refractivity contribution >= 4 is 5.57 Å². The normalized spacial score (nSPS) is 14.8. The van der Waals surface area contributed by atoms with E-state index in [0.29, 0.717) is 0 Å². The summed E-state index contributed by atoms with van der Waals surface area (Å²) in [5.74, 6) is 0.686. The first kappa shape index (κ1) is 23.5. The molecule has 1 aliphatic rings. The molecule has 1 unspecified atom stereocenters. The lowest BCUT2D eigenvalue weighted by atomic mass is 9.86. The summed E-state index contributed by atoms with van der Waals surface area (Å²) in [5, 5.41) is 0. The molecule has 0 N–H and O–H groups in total. The summed E-state index contributed by atoms with van der Waals surface area (Å²) in [4.78, 5) is 0. The Bertz CT molecular complexity index is 901. The second-order valence-corrected chi connectivity index (χ2v) is 9.35. The first-order chi connectivity index (χ1) is 15.0. The van der Waals surface area contributed by atoms with Crippen molar-refractivity contribution in [2.45, 2.75) is 85.0 Å². The molecule has 0 heterocycles. The van der Waals surface area contributed by atoms with Gasteiger partial charge in [0.1, 0.15) is 5.82 Å². The molecule has 2 aromatic rings. The topological polar surface area (TPSA) is 0 Å². The third-order valence-electron chi connectivity index (χ3n) is 6.68. The third kappa shape index (κ3) is 6.19. The number of benzene rings is 2. The van der Waals surface area contributed by atoms with Crippen molar-refractivity contribution in [3.63, 3.8) is 0 Å². The molecular formula is C30H39F. The molecule has 166 valence electrons. The van der Waals surface area contributed by atoms with Crippen molar-refractivity contribution in [1.82, 2.24) is 0 Å². The number of aryl methyl sites for hydroxylation is 2. The van der Waals surface area contributed by atoms with Crippen LogP contribution >= 0.6 is 0 Å². The Morgan fingerprint density at radius 3 is 2.48 bits per heavy atom. The van der Waals surface area contributed by atoms with Gasteiger partial charge >= 0.3 is 0 Å². The predicted molar refractivity (Wildman–Crippen MR) is 133 cm³/mol. The minimum Gasteiger partial charge on any atom is -0.207 e. The number of fused-ring (bicyclic) bond motifs is 1. The Morgan fingerprint density at radius 2 is 1.77 bits per heavy atom. The Morgan fingerprint density at radius 1 is 1.00 bits per heavy atom. The van der Waals surface area contributed by atoms with Gasteiger partial charge < -0.3 is 0 Å². The van der Waals surface area contributed by atoms with Crippen LogP contribution in [0, 0.1) is 11.7 Å². The van der Waals surface area contributed by atoms with Gasteiger partial charge in [0.25, 0.3) is 0 Å². The van der Waals surface area contributed by atoms with Gasteiger partial charge in [0.15, 0.2) is 0 Å². The van der Waals surface area contributed by atoms with Crippen LogP contribution in [0.15, 0.2) is 60.2 Å². The second-order valence-electron chi connectivity index (χ2n) is 9.35. The molecule has 0 amide bonds. The largest absolute Gasteiger partial charge is 0.207 e. The van der Waals surface area contributed by atoms with Crippen molar-refractivity contribution in [2.24, 2.45) is 5.92 Å². The maximum absolute atomic E-state index is 14.0. The molecule has 2 aromatic carbocycles. The van der Waals surface area contributed by atoms with Crippen LogP contribution in [0.4, 0.5) is 4.39 Å². The maximum atomic E-state index is 14.0. The van der Waals surface area contributed by atoms with Crippen molar-refractivity contribution in [3.05, 3.63) is 88.3 Å². The van der Waals surface area contributed by atoms with E-state index in [1.165, 1.54) is 59.1 Å². The lowest BCUT2D eigenvalue weighted by Gasteiger charge is -2.18. The quantitative estimate of drug-likeness (QED) is 0.361. The zero-order chi connectivity index (χ0) is 22.2. The van der Waals surface area contributed by atoms with Crippen LogP contribution in [-0.4, -0.2) is 0 Å². The minimum absolute atomic E-state index is 0.137. The van der Waals surface area contributed by atoms with Crippen molar-refractivity contribution in [2.75, 3.05) is 0 Å². The molecule has 0 bridgehead atoms. The summed E-state index contributed by atoms with van der Waals surface area (Å²) < 4.78 is 14.0. The van der Waals surface area contributed by atoms with Crippen LogP contribution < -0.4 is 0 Å². The van der Waals surface area contributed by atoms with Crippen molar-refractivity contribution < 1.29 is 4.39 Å². The average Bonchev–Trinajstić information content (AvgIpc) is 2.94. The fourth-order valence-corrected chi connectivity index (χ4v) is 5.02. The summed E-state index contributed by atoms with van der Waals surface area (Å²) in [6.45, 7) is 11.3. The van der Waals surface area contributed by atoms with Gasteiger partial charge in [0.2, 0.25) is 0 Å². The predicted octanol–water partition coefficient (Wildman–Crippen LogP) is 9.08. The van der Waals surface area contributed by atoms with E-state index in [0.717, 1.165) is 50.0 Å². The molecule has 0 aliphatic heterocycles. The fraction of sp³-hybridized carbons (Fsp3) is 0.467. The van der Waals surface area contributed by atoms with E-state index in [-0.39, 0.29) is 5.82 Å². The lowest BCUT2D eigenvalue weighted by molar-refractivity contribution is 0.469. The number of rotatable bonds is 10. The summed E-state index contributed by atoms with van der Waals surface area (Å²) >= 11 is 0. The molecule has 0 nitrogen and oxygen atoms in total. The third-order valence-corrected chi connectivity index (χ3v) is 6.68. The van der Waals surface area contributed by atoms with Crippen LogP contribution in [0.3, 0.4) is 0 Å². The number of hydrogen-bond acceptors (Lipinski definition) is 0. The maximum Gasteiger partial charge on any atom is 0.123 e. The smallest absolute Gasteiger partial charge is 0.123 e. The second kappa shape index (κ2) is 11.5. The van der Waals surface area contributed by atoms with E-state index in [2.05, 4.69) is 51.6 Å². The lowest BCUT2D eigenvalue weighted by Crippen LogP contribution is -1.99. The summed E-state index contributed by atoms with van der Waals surface area (Å²) in [7, 11) is 0. The molecule has 1 aliphatic carbocycles. The highest BCUT2D eigenvalue weighted by atomic mass is 19.1. The highest BCUT2D eigenvalue weighted by Crippen LogP contribution is 2.39. The van der Waals surface area contributed by atoms with E-state index in [1.807, 2.05) is 6.07 Å². The molecular weight excluding hydrogens is 379 g/mol. The zero-order valence-corrected chi connectivity index (χ0v) is 19.8. The van der Waals surface area contributed by atoms with Crippen LogP contribution in [-0.2, 0) is 12.8 Å². The summed E-state index contributed by atoms with van der Waals surface area (Å²) in [6.07, 6.45) is 11.4. The molecule has 0 spiro atoms. The fourth-order valence-electron chi connectivity index (χ4n) is 5.02. The monoisotopic (exact) mass is 418 g/mol. The Balaban J connectivity index is 1.90. The molecule has 0 saturated carbocycles. The van der Waals surface area contributed by atoms with Gasteiger partial charge in [-0.15, -0.1) is 0 Å². The standard InChI is InChI=1S/C30H39F/c1-5-9-22(3)11-7-12-24-15-17-25(18-16-24)30-28(23(4)10-6-2)14-8-13-26-21-27(31)19-20-29(26)30/h15-22H,4-14H2,1-3H3. The molecule has 1 heteroatoms. The van der Waals surface area contributed by atoms with E-state index in [1.54, 1.807) is 12.1 Å². The van der Waals surface area contributed by atoms with Gasteiger partial charge in [-0.25, -0.2) is 4.39 Å². The van der Waals surface area contributed by atoms with Gasteiger partial charge in [0, 0.05) is 0 Å². The molecule has 0 aromatic heterocycles. The van der Waals surface area contributed by atoms with Crippen molar-refractivity contribution in [1.29, 1.82) is 0 Å². The van der Waals surface area contributed by atoms with Crippen LogP contribution in [0.2, 0.25) is 0 Å². The molecule has 1 atom stereocenters. The Labute approximate surface area is 189 Å². The highest BCUT2D eigenvalue weighted by molar-refractivity contribution is 5.86. The molecule has 0 radical (unpaired) electrons. The Hall–Kier alpha value is -2.15. The SMILES string of the molecule is C=C(CCC)C1=C(c2ccc(CCCC(C)CCC)cc2)c2ccc(F)cc2CCC1. The molecule has 0 fully saturated rings. The van der Waals surface area contributed by atoms with Crippen LogP contribution in [0.1, 0.15) is 94.4 Å². The number of allylic oxidation sites excluding steroid dienone is 2.